The van der Waals surface area contributed by atoms with Crippen LogP contribution in [0.15, 0.2) is 48.5 Å². The summed E-state index contributed by atoms with van der Waals surface area (Å²) in [5.41, 5.74) is 10.2. The fourth-order valence-electron chi connectivity index (χ4n) is 2.27. The summed E-state index contributed by atoms with van der Waals surface area (Å²) in [4.78, 5) is 4.70. The molecule has 0 saturated heterocycles. The summed E-state index contributed by atoms with van der Waals surface area (Å²) in [6.45, 7) is 2.02. The molecule has 3 nitrogen and oxygen atoms in total. The monoisotopic (exact) mass is 296 g/mol. The van der Waals surface area contributed by atoms with Crippen molar-refractivity contribution in [3.8, 4) is 27.6 Å². The van der Waals surface area contributed by atoms with Gasteiger partial charge >= 0.3 is 0 Å². The number of benzene rings is 2. The molecule has 1 aromatic heterocycles. The minimum atomic E-state index is 0.735. The van der Waals surface area contributed by atoms with Crippen LogP contribution in [0.25, 0.3) is 21.8 Å². The highest BCUT2D eigenvalue weighted by atomic mass is 32.1. The maximum Gasteiger partial charge on any atom is 0.126 e. The van der Waals surface area contributed by atoms with E-state index < -0.39 is 0 Å². The fraction of sp³-hybridized carbons (Fsp3) is 0.118. The van der Waals surface area contributed by atoms with Crippen LogP contribution in [0.2, 0.25) is 0 Å². The fourth-order valence-corrected chi connectivity index (χ4v) is 3.13. The third-order valence-corrected chi connectivity index (χ3v) is 4.28. The van der Waals surface area contributed by atoms with Gasteiger partial charge in [0.05, 0.1) is 7.11 Å². The number of rotatable bonds is 3. The Labute approximate surface area is 128 Å². The molecule has 0 aliphatic carbocycles. The molecule has 0 atom stereocenters. The summed E-state index contributed by atoms with van der Waals surface area (Å²) >= 11 is 1.51. The minimum absolute atomic E-state index is 0.735. The average molecular weight is 296 g/mol. The van der Waals surface area contributed by atoms with Gasteiger partial charge in [-0.3, -0.25) is 0 Å². The number of nitrogens with zero attached hydrogens (tertiary/aromatic N) is 1. The summed E-state index contributed by atoms with van der Waals surface area (Å²) in [5, 5.41) is 1.68. The van der Waals surface area contributed by atoms with E-state index in [0.29, 0.717) is 0 Å². The zero-order valence-corrected chi connectivity index (χ0v) is 12.8. The summed E-state index contributed by atoms with van der Waals surface area (Å²) < 4.78 is 5.29. The lowest BCUT2D eigenvalue weighted by molar-refractivity contribution is 0.412. The Morgan fingerprint density at radius 3 is 2.48 bits per heavy atom. The number of aryl methyl sites for hydroxylation is 1. The number of ether oxygens (including phenoxy) is 1. The van der Waals surface area contributed by atoms with Crippen molar-refractivity contribution in [2.24, 2.45) is 0 Å². The van der Waals surface area contributed by atoms with Gasteiger partial charge in [0.25, 0.3) is 0 Å². The van der Waals surface area contributed by atoms with Crippen molar-refractivity contribution >= 4 is 16.3 Å². The van der Waals surface area contributed by atoms with Crippen molar-refractivity contribution in [3.05, 3.63) is 54.1 Å². The maximum absolute atomic E-state index is 6.16. The van der Waals surface area contributed by atoms with Crippen molar-refractivity contribution in [1.29, 1.82) is 0 Å². The van der Waals surface area contributed by atoms with Crippen LogP contribution in [0.3, 0.4) is 0 Å². The Kier molecular flexibility index (Phi) is 3.62. The molecule has 106 valence electrons. The van der Waals surface area contributed by atoms with Crippen LogP contribution in [0.4, 0.5) is 5.00 Å². The van der Waals surface area contributed by atoms with Crippen LogP contribution < -0.4 is 10.5 Å². The SMILES string of the molecule is COc1ccc(-c2nc(-c3ccccc3)sc2N)cc1C. The first-order chi connectivity index (χ1) is 10.2. The largest absolute Gasteiger partial charge is 0.496 e. The normalized spacial score (nSPS) is 10.6. The van der Waals surface area contributed by atoms with E-state index in [1.165, 1.54) is 11.3 Å². The first-order valence-corrected chi connectivity index (χ1v) is 7.47. The molecule has 3 aromatic rings. The van der Waals surface area contributed by atoms with Gasteiger partial charge in [-0.2, -0.15) is 0 Å². The lowest BCUT2D eigenvalue weighted by atomic mass is 10.1. The van der Waals surface area contributed by atoms with Crippen molar-refractivity contribution in [3.63, 3.8) is 0 Å². The maximum atomic E-state index is 6.16. The number of thiazole rings is 1. The lowest BCUT2D eigenvalue weighted by Crippen LogP contribution is -1.90. The third-order valence-electron chi connectivity index (χ3n) is 3.34. The smallest absolute Gasteiger partial charge is 0.126 e. The molecule has 0 saturated carbocycles. The summed E-state index contributed by atoms with van der Waals surface area (Å²) in [7, 11) is 1.67. The Balaban J connectivity index is 2.04. The van der Waals surface area contributed by atoms with E-state index in [2.05, 4.69) is 6.07 Å². The average Bonchev–Trinajstić information content (AvgIpc) is 2.90. The quantitative estimate of drug-likeness (QED) is 0.780. The Hall–Kier alpha value is -2.33. The van der Waals surface area contributed by atoms with Crippen molar-refractivity contribution < 1.29 is 4.74 Å². The second-order valence-electron chi connectivity index (χ2n) is 4.78. The van der Waals surface area contributed by atoms with Crippen LogP contribution in [0.1, 0.15) is 5.56 Å². The molecule has 0 bridgehead atoms. The summed E-state index contributed by atoms with van der Waals surface area (Å²) in [6.07, 6.45) is 0. The number of nitrogens with two attached hydrogens (primary N) is 1. The molecule has 0 spiro atoms. The minimum Gasteiger partial charge on any atom is -0.496 e. The van der Waals surface area contributed by atoms with E-state index in [1.54, 1.807) is 7.11 Å². The number of anilines is 1. The second kappa shape index (κ2) is 5.58. The lowest BCUT2D eigenvalue weighted by Gasteiger charge is -2.06. The molecule has 4 heteroatoms. The van der Waals surface area contributed by atoms with Crippen LogP contribution in [0, 0.1) is 6.92 Å². The zero-order valence-electron chi connectivity index (χ0n) is 12.0. The van der Waals surface area contributed by atoms with Gasteiger partial charge in [-0.05, 0) is 30.7 Å². The zero-order chi connectivity index (χ0) is 14.8. The van der Waals surface area contributed by atoms with E-state index in [9.17, 15) is 0 Å². The highest BCUT2D eigenvalue weighted by Gasteiger charge is 2.13. The van der Waals surface area contributed by atoms with E-state index in [4.69, 9.17) is 15.5 Å². The topological polar surface area (TPSA) is 48.1 Å². The molecular weight excluding hydrogens is 280 g/mol. The predicted molar refractivity (Wildman–Crippen MR) is 88.7 cm³/mol. The van der Waals surface area contributed by atoms with Crippen molar-refractivity contribution in [2.75, 3.05) is 12.8 Å². The molecule has 0 amide bonds. The van der Waals surface area contributed by atoms with Gasteiger partial charge in [-0.25, -0.2) is 4.98 Å². The van der Waals surface area contributed by atoms with E-state index in [-0.39, 0.29) is 0 Å². The molecule has 0 fully saturated rings. The van der Waals surface area contributed by atoms with Gasteiger partial charge in [0, 0.05) is 11.1 Å². The van der Waals surface area contributed by atoms with Crippen LogP contribution in [-0.4, -0.2) is 12.1 Å². The molecule has 0 radical (unpaired) electrons. The van der Waals surface area contributed by atoms with Crippen LogP contribution in [-0.2, 0) is 0 Å². The molecule has 1 heterocycles. The number of methoxy groups -OCH3 is 1. The Bertz CT molecular complexity index is 766. The van der Waals surface area contributed by atoms with Gasteiger partial charge in [-0.15, -0.1) is 0 Å². The van der Waals surface area contributed by atoms with Gasteiger partial charge in [-0.1, -0.05) is 41.7 Å². The highest BCUT2D eigenvalue weighted by molar-refractivity contribution is 7.19. The molecule has 2 aromatic carbocycles. The number of aromatic nitrogens is 1. The number of hydrogen-bond donors (Lipinski definition) is 1. The van der Waals surface area contributed by atoms with Crippen molar-refractivity contribution in [2.45, 2.75) is 6.92 Å². The molecule has 0 aliphatic heterocycles. The predicted octanol–water partition coefficient (Wildman–Crippen LogP) is 4.38. The standard InChI is InChI=1S/C17H16N2OS/c1-11-10-13(8-9-14(11)20-2)15-16(18)21-17(19-15)12-6-4-3-5-7-12/h3-10H,18H2,1-2H3. The van der Waals surface area contributed by atoms with E-state index >= 15 is 0 Å². The van der Waals surface area contributed by atoms with Gasteiger partial charge in [0.15, 0.2) is 0 Å². The highest BCUT2D eigenvalue weighted by Crippen LogP contribution is 2.36. The molecule has 3 rings (SSSR count). The second-order valence-corrected chi connectivity index (χ2v) is 5.81. The van der Waals surface area contributed by atoms with Gasteiger partial charge in [0.2, 0.25) is 0 Å². The summed E-state index contributed by atoms with van der Waals surface area (Å²) in [6, 6.07) is 16.1. The Morgan fingerprint density at radius 2 is 1.81 bits per heavy atom. The molecule has 0 aliphatic rings. The Morgan fingerprint density at radius 1 is 1.05 bits per heavy atom. The van der Waals surface area contributed by atoms with E-state index in [0.717, 1.165) is 38.1 Å². The third kappa shape index (κ3) is 2.62. The molecular formula is C17H16N2OS. The van der Waals surface area contributed by atoms with Gasteiger partial charge in [0.1, 0.15) is 21.5 Å². The van der Waals surface area contributed by atoms with E-state index in [1.807, 2.05) is 49.4 Å². The number of nitrogen functional groups attached to an aromatic ring is 1. The van der Waals surface area contributed by atoms with Crippen LogP contribution in [0.5, 0.6) is 5.75 Å². The first-order valence-electron chi connectivity index (χ1n) is 6.66. The molecule has 21 heavy (non-hydrogen) atoms. The number of hydrogen-bond acceptors (Lipinski definition) is 4. The molecule has 2 N–H and O–H groups in total. The first kappa shape index (κ1) is 13.6. The molecule has 0 unspecified atom stereocenters. The summed E-state index contributed by atoms with van der Waals surface area (Å²) in [5.74, 6) is 0.871. The van der Waals surface area contributed by atoms with Gasteiger partial charge < -0.3 is 10.5 Å². The van der Waals surface area contributed by atoms with Crippen molar-refractivity contribution in [1.82, 2.24) is 4.98 Å². The van der Waals surface area contributed by atoms with Crippen LogP contribution >= 0.6 is 11.3 Å².